The predicted octanol–water partition coefficient (Wildman–Crippen LogP) is 7.11. The first-order valence-corrected chi connectivity index (χ1v) is 11.5. The van der Waals surface area contributed by atoms with Crippen LogP contribution in [-0.4, -0.2) is 17.8 Å². The molecular weight excluding hydrogens is 507 g/mol. The number of hydrogen-bond acceptors (Lipinski definition) is 2. The van der Waals surface area contributed by atoms with E-state index in [1.807, 2.05) is 30.3 Å². The van der Waals surface area contributed by atoms with Crippen molar-refractivity contribution in [2.24, 2.45) is 4.99 Å². The van der Waals surface area contributed by atoms with Gasteiger partial charge in [-0.1, -0.05) is 42.5 Å². The molecule has 0 fully saturated rings. The first-order chi connectivity index (χ1) is 15.7. The second-order valence-electron chi connectivity index (χ2n) is 7.48. The highest BCUT2D eigenvalue weighted by atomic mass is 127. The number of aliphatic imine (C=N–C) groups is 1. The molecule has 0 unspecified atom stereocenters. The topological polar surface area (TPSA) is 37.4 Å². The number of hydrogen-bond donors (Lipinski definition) is 1. The van der Waals surface area contributed by atoms with Crippen LogP contribution < -0.4 is 4.74 Å². The van der Waals surface area contributed by atoms with Crippen molar-refractivity contribution in [2.75, 3.05) is 7.11 Å². The van der Waals surface area contributed by atoms with E-state index >= 15 is 0 Å². The number of benzene rings is 3. The van der Waals surface area contributed by atoms with E-state index in [1.54, 1.807) is 7.11 Å². The number of allylic oxidation sites excluding steroid dienone is 2. The molecule has 0 aliphatic carbocycles. The maximum absolute atomic E-state index is 5.29. The molecule has 1 N–H and O–H groups in total. The van der Waals surface area contributed by atoms with Gasteiger partial charge in [-0.3, -0.25) is 0 Å². The van der Waals surface area contributed by atoms with Crippen molar-refractivity contribution >= 4 is 33.9 Å². The molecule has 2 heterocycles. The van der Waals surface area contributed by atoms with Crippen LogP contribution in [-0.2, 0) is 0 Å². The normalized spacial score (nSPS) is 14.4. The van der Waals surface area contributed by atoms with Gasteiger partial charge in [0.1, 0.15) is 5.75 Å². The van der Waals surface area contributed by atoms with Crippen molar-refractivity contribution in [3.8, 4) is 17.0 Å². The van der Waals surface area contributed by atoms with Gasteiger partial charge in [0, 0.05) is 26.1 Å². The Morgan fingerprint density at radius 2 is 1.53 bits per heavy atom. The standard InChI is InChI=1S/C28H21IN2O/c1-32-23-13-9-20(10-14-23)25-16-18-27(31-25)28(21-7-11-22(29)12-8-21)26-17-15-24(30-26)19-5-3-2-4-6-19/h2-18,31H,1H3/b28-26+. The molecule has 3 nitrogen and oxygen atoms in total. The molecule has 4 heteroatoms. The monoisotopic (exact) mass is 528 g/mol. The lowest BCUT2D eigenvalue weighted by Crippen LogP contribution is -1.94. The second-order valence-corrected chi connectivity index (χ2v) is 8.72. The van der Waals surface area contributed by atoms with Crippen molar-refractivity contribution < 1.29 is 4.74 Å². The summed E-state index contributed by atoms with van der Waals surface area (Å²) in [6, 6.07) is 31.2. The van der Waals surface area contributed by atoms with Crippen LogP contribution >= 0.6 is 22.6 Å². The van der Waals surface area contributed by atoms with Crippen LogP contribution in [0.25, 0.3) is 16.8 Å². The SMILES string of the molecule is COc1ccc(-c2ccc(/C(=C3\C=CC(c4ccccc4)=N3)c3ccc(I)cc3)[nH]2)cc1. The molecule has 32 heavy (non-hydrogen) atoms. The number of ether oxygens (including phenoxy) is 1. The lowest BCUT2D eigenvalue weighted by molar-refractivity contribution is 0.415. The van der Waals surface area contributed by atoms with Gasteiger partial charge >= 0.3 is 0 Å². The fraction of sp³-hybridized carbons (Fsp3) is 0.0357. The van der Waals surface area contributed by atoms with E-state index in [-0.39, 0.29) is 0 Å². The zero-order valence-electron chi connectivity index (χ0n) is 17.5. The fourth-order valence-corrected chi connectivity index (χ4v) is 4.17. The molecule has 5 rings (SSSR count). The Labute approximate surface area is 201 Å². The molecule has 0 saturated carbocycles. The van der Waals surface area contributed by atoms with Gasteiger partial charge in [0.25, 0.3) is 0 Å². The number of H-pyrrole nitrogens is 1. The first kappa shape index (κ1) is 20.5. The van der Waals surface area contributed by atoms with Crippen LogP contribution in [0.1, 0.15) is 16.8 Å². The van der Waals surface area contributed by atoms with Crippen molar-refractivity contribution in [1.29, 1.82) is 0 Å². The number of aromatic nitrogens is 1. The summed E-state index contributed by atoms with van der Waals surface area (Å²) in [7, 11) is 1.68. The van der Waals surface area contributed by atoms with Crippen molar-refractivity contribution in [3.05, 3.63) is 129 Å². The van der Waals surface area contributed by atoms with Crippen LogP contribution in [0.2, 0.25) is 0 Å². The molecule has 1 aliphatic heterocycles. The van der Waals surface area contributed by atoms with Gasteiger partial charge in [-0.25, -0.2) is 4.99 Å². The van der Waals surface area contributed by atoms with Crippen LogP contribution in [0.4, 0.5) is 0 Å². The van der Waals surface area contributed by atoms with E-state index in [4.69, 9.17) is 9.73 Å². The van der Waals surface area contributed by atoms with Crippen LogP contribution in [0.5, 0.6) is 5.75 Å². The van der Waals surface area contributed by atoms with Gasteiger partial charge in [-0.2, -0.15) is 0 Å². The summed E-state index contributed by atoms with van der Waals surface area (Å²) in [5.41, 5.74) is 8.47. The molecule has 0 atom stereocenters. The Balaban J connectivity index is 1.60. The van der Waals surface area contributed by atoms with E-state index < -0.39 is 0 Å². The molecular formula is C28H21IN2O. The minimum atomic E-state index is 0.848. The third-order valence-electron chi connectivity index (χ3n) is 5.45. The Hall–Kier alpha value is -3.38. The van der Waals surface area contributed by atoms with Gasteiger partial charge in [0.2, 0.25) is 0 Å². The van der Waals surface area contributed by atoms with E-state index in [2.05, 4.69) is 100 Å². The largest absolute Gasteiger partial charge is 0.497 e. The second kappa shape index (κ2) is 9.01. The summed E-state index contributed by atoms with van der Waals surface area (Å²) >= 11 is 2.34. The summed E-state index contributed by atoms with van der Waals surface area (Å²) in [4.78, 5) is 8.59. The minimum absolute atomic E-state index is 0.848. The lowest BCUT2D eigenvalue weighted by Gasteiger charge is -2.09. The molecule has 0 amide bonds. The molecule has 156 valence electrons. The maximum atomic E-state index is 5.29. The van der Waals surface area contributed by atoms with Gasteiger partial charge in [-0.15, -0.1) is 0 Å². The van der Waals surface area contributed by atoms with Gasteiger partial charge in [-0.05, 0) is 94.4 Å². The molecule has 0 bridgehead atoms. The number of nitrogens with one attached hydrogen (secondary N) is 1. The molecule has 0 spiro atoms. The minimum Gasteiger partial charge on any atom is -0.497 e. The van der Waals surface area contributed by atoms with E-state index in [1.165, 1.54) is 3.57 Å². The van der Waals surface area contributed by atoms with Crippen LogP contribution in [0.15, 0.2) is 114 Å². The Kier molecular flexibility index (Phi) is 5.77. The van der Waals surface area contributed by atoms with Gasteiger partial charge in [0.05, 0.1) is 18.5 Å². The zero-order chi connectivity index (χ0) is 21.9. The maximum Gasteiger partial charge on any atom is 0.118 e. The average Bonchev–Trinajstić information content (AvgIpc) is 3.52. The number of aromatic amines is 1. The van der Waals surface area contributed by atoms with E-state index in [0.717, 1.165) is 50.8 Å². The van der Waals surface area contributed by atoms with Crippen molar-refractivity contribution in [2.45, 2.75) is 0 Å². The molecule has 0 saturated heterocycles. The molecule has 1 aliphatic rings. The molecule has 4 aromatic rings. The Morgan fingerprint density at radius 1 is 0.781 bits per heavy atom. The smallest absolute Gasteiger partial charge is 0.118 e. The van der Waals surface area contributed by atoms with Crippen LogP contribution in [0, 0.1) is 3.57 Å². The van der Waals surface area contributed by atoms with Crippen molar-refractivity contribution in [1.82, 2.24) is 4.98 Å². The van der Waals surface area contributed by atoms with Gasteiger partial charge in [0.15, 0.2) is 0 Å². The number of halogens is 1. The third-order valence-corrected chi connectivity index (χ3v) is 6.17. The Morgan fingerprint density at radius 3 is 2.25 bits per heavy atom. The fourth-order valence-electron chi connectivity index (χ4n) is 3.81. The summed E-state index contributed by atoms with van der Waals surface area (Å²) in [5, 5.41) is 0. The molecule has 3 aromatic carbocycles. The average molecular weight is 528 g/mol. The number of methoxy groups -OCH3 is 1. The molecule has 1 aromatic heterocycles. The number of rotatable bonds is 5. The summed E-state index contributed by atoms with van der Waals surface area (Å²) in [6.45, 7) is 0. The summed E-state index contributed by atoms with van der Waals surface area (Å²) in [5.74, 6) is 0.848. The highest BCUT2D eigenvalue weighted by Gasteiger charge is 2.17. The van der Waals surface area contributed by atoms with Crippen LogP contribution in [0.3, 0.4) is 0 Å². The summed E-state index contributed by atoms with van der Waals surface area (Å²) in [6.07, 6.45) is 4.19. The molecule has 0 radical (unpaired) electrons. The van der Waals surface area contributed by atoms with E-state index in [0.29, 0.717) is 0 Å². The highest BCUT2D eigenvalue weighted by molar-refractivity contribution is 14.1. The van der Waals surface area contributed by atoms with Crippen molar-refractivity contribution in [3.63, 3.8) is 0 Å². The first-order valence-electron chi connectivity index (χ1n) is 10.4. The highest BCUT2D eigenvalue weighted by Crippen LogP contribution is 2.33. The number of nitrogens with zero attached hydrogens (tertiary/aromatic N) is 1. The predicted molar refractivity (Wildman–Crippen MR) is 140 cm³/mol. The summed E-state index contributed by atoms with van der Waals surface area (Å²) < 4.78 is 6.49. The zero-order valence-corrected chi connectivity index (χ0v) is 19.7. The Bertz CT molecular complexity index is 1330. The quantitative estimate of drug-likeness (QED) is 0.276. The lowest BCUT2D eigenvalue weighted by atomic mass is 10.0. The third kappa shape index (κ3) is 4.18. The van der Waals surface area contributed by atoms with Gasteiger partial charge < -0.3 is 9.72 Å². The van der Waals surface area contributed by atoms with E-state index in [9.17, 15) is 0 Å².